The van der Waals surface area contributed by atoms with Crippen LogP contribution in [-0.4, -0.2) is 24.3 Å². The SMILES string of the molecule is CCOP(=O)(Oc1ccccc1)C(=O)c1c(Cl)cc(Cl)c(C(=O)P(=O)(OCC)Oc2ccccc2)c1Cl. The Balaban J connectivity index is 2.11. The molecule has 0 fully saturated rings. The Kier molecular flexibility index (Phi) is 10.0. The van der Waals surface area contributed by atoms with Crippen LogP contribution in [0.25, 0.3) is 0 Å². The molecule has 0 amide bonds. The molecular weight excluding hydrogens is 585 g/mol. The third-order valence-corrected chi connectivity index (χ3v) is 9.15. The Morgan fingerprint density at radius 1 is 0.676 bits per heavy atom. The van der Waals surface area contributed by atoms with Crippen LogP contribution in [0.3, 0.4) is 0 Å². The molecule has 0 aromatic heterocycles. The standard InChI is InChI=1S/C24H21Cl3O8P2/c1-3-32-36(30,34-16-11-7-5-8-12-16)23(28)20-18(25)15-19(26)21(22(20)27)24(29)37(31,33-4-2)35-17-13-9-6-10-14-17/h5-15H,3-4H2,1-2H3. The highest BCUT2D eigenvalue weighted by Crippen LogP contribution is 2.56. The largest absolute Gasteiger partial charge is 0.451 e. The molecule has 0 saturated carbocycles. The van der Waals surface area contributed by atoms with Crippen LogP contribution in [0.4, 0.5) is 0 Å². The zero-order valence-electron chi connectivity index (χ0n) is 19.6. The molecule has 0 aliphatic carbocycles. The molecule has 3 aromatic carbocycles. The lowest BCUT2D eigenvalue weighted by atomic mass is 10.1. The molecule has 0 radical (unpaired) electrons. The highest BCUT2D eigenvalue weighted by Gasteiger charge is 2.44. The molecule has 3 aromatic rings. The lowest BCUT2D eigenvalue weighted by Crippen LogP contribution is -2.15. The molecule has 0 N–H and O–H groups in total. The summed E-state index contributed by atoms with van der Waals surface area (Å²) in [5.41, 5.74) is -3.58. The van der Waals surface area contributed by atoms with Gasteiger partial charge in [-0.05, 0) is 44.2 Å². The van der Waals surface area contributed by atoms with Gasteiger partial charge in [-0.25, -0.2) is 9.13 Å². The predicted molar refractivity (Wildman–Crippen MR) is 143 cm³/mol. The van der Waals surface area contributed by atoms with Gasteiger partial charge in [-0.15, -0.1) is 0 Å². The monoisotopic (exact) mass is 604 g/mol. The number of rotatable bonds is 12. The second kappa shape index (κ2) is 12.6. The molecule has 2 unspecified atom stereocenters. The Morgan fingerprint density at radius 3 is 1.35 bits per heavy atom. The summed E-state index contributed by atoms with van der Waals surface area (Å²) < 4.78 is 48.4. The predicted octanol–water partition coefficient (Wildman–Crippen LogP) is 8.54. The first-order valence-corrected chi connectivity index (χ1v) is 15.0. The van der Waals surface area contributed by atoms with Crippen molar-refractivity contribution in [3.63, 3.8) is 0 Å². The Hall–Kier alpha value is -2.15. The quantitative estimate of drug-likeness (QED) is 0.189. The van der Waals surface area contributed by atoms with Crippen LogP contribution < -0.4 is 9.05 Å². The molecule has 3 rings (SSSR count). The van der Waals surface area contributed by atoms with Crippen LogP contribution >= 0.6 is 50.0 Å². The Bertz CT molecular complexity index is 1280. The van der Waals surface area contributed by atoms with Gasteiger partial charge in [0.05, 0.1) is 39.4 Å². The smallest absolute Gasteiger partial charge is 0.419 e. The molecule has 0 saturated heterocycles. The average molecular weight is 606 g/mol. The van der Waals surface area contributed by atoms with Crippen molar-refractivity contribution in [1.82, 2.24) is 0 Å². The Labute approximate surface area is 228 Å². The maximum Gasteiger partial charge on any atom is 0.451 e. The average Bonchev–Trinajstić information content (AvgIpc) is 2.85. The van der Waals surface area contributed by atoms with E-state index in [0.29, 0.717) is 0 Å². The van der Waals surface area contributed by atoms with E-state index >= 15 is 0 Å². The number of carbonyl (C=O) groups excluding carboxylic acids is 2. The molecule has 0 aliphatic heterocycles. The summed E-state index contributed by atoms with van der Waals surface area (Å²) in [5.74, 6) is 0.171. The number of para-hydroxylation sites is 2. The van der Waals surface area contributed by atoms with Gasteiger partial charge in [0.2, 0.25) is 0 Å². The van der Waals surface area contributed by atoms with E-state index in [2.05, 4.69) is 0 Å². The number of carbonyl (C=O) groups is 2. The van der Waals surface area contributed by atoms with Crippen molar-refractivity contribution >= 4 is 61.0 Å². The second-order valence-electron chi connectivity index (χ2n) is 7.15. The van der Waals surface area contributed by atoms with Gasteiger partial charge in [-0.1, -0.05) is 71.2 Å². The topological polar surface area (TPSA) is 105 Å². The van der Waals surface area contributed by atoms with E-state index < -0.39 is 42.4 Å². The zero-order chi connectivity index (χ0) is 27.2. The fourth-order valence-corrected chi connectivity index (χ4v) is 7.46. The third kappa shape index (κ3) is 6.65. The molecule has 2 atom stereocenters. The van der Waals surface area contributed by atoms with Gasteiger partial charge in [0, 0.05) is 0 Å². The van der Waals surface area contributed by atoms with Gasteiger partial charge in [-0.3, -0.25) is 18.6 Å². The summed E-state index contributed by atoms with van der Waals surface area (Å²) in [5, 5.41) is -1.27. The minimum atomic E-state index is -4.58. The van der Waals surface area contributed by atoms with Crippen LogP contribution in [0.2, 0.25) is 15.1 Å². The summed E-state index contributed by atoms with van der Waals surface area (Å²) >= 11 is 19.0. The summed E-state index contributed by atoms with van der Waals surface area (Å²) in [6.07, 6.45) is 0. The summed E-state index contributed by atoms with van der Waals surface area (Å²) in [6.45, 7) is 2.70. The van der Waals surface area contributed by atoms with Gasteiger partial charge in [-0.2, -0.15) is 0 Å². The maximum atomic E-state index is 13.6. The number of hydrogen-bond donors (Lipinski definition) is 0. The highest BCUT2D eigenvalue weighted by atomic mass is 35.5. The molecule has 0 bridgehead atoms. The van der Waals surface area contributed by atoms with Gasteiger partial charge in [0.15, 0.2) is 0 Å². The summed E-state index contributed by atoms with van der Waals surface area (Å²) in [4.78, 5) is 27.0. The number of halogens is 3. The lowest BCUT2D eigenvalue weighted by molar-refractivity contribution is 0.102. The summed E-state index contributed by atoms with van der Waals surface area (Å²) in [6, 6.07) is 16.7. The highest BCUT2D eigenvalue weighted by molar-refractivity contribution is 7.73. The van der Waals surface area contributed by atoms with Crippen molar-refractivity contribution in [2.45, 2.75) is 13.8 Å². The van der Waals surface area contributed by atoms with E-state index in [1.54, 1.807) is 36.4 Å². The van der Waals surface area contributed by atoms with Crippen LogP contribution in [0.1, 0.15) is 34.6 Å². The first kappa shape index (κ1) is 29.4. The van der Waals surface area contributed by atoms with Crippen molar-refractivity contribution < 1.29 is 36.8 Å². The van der Waals surface area contributed by atoms with Crippen molar-refractivity contribution in [2.24, 2.45) is 0 Å². The van der Waals surface area contributed by atoms with E-state index in [4.69, 9.17) is 52.9 Å². The van der Waals surface area contributed by atoms with Gasteiger partial charge in [0.25, 0.3) is 11.0 Å². The van der Waals surface area contributed by atoms with E-state index in [9.17, 15) is 18.7 Å². The fraction of sp³-hybridized carbons (Fsp3) is 0.167. The third-order valence-electron chi connectivity index (χ3n) is 4.63. The van der Waals surface area contributed by atoms with Crippen LogP contribution in [0.15, 0.2) is 66.7 Å². The Morgan fingerprint density at radius 2 is 1.03 bits per heavy atom. The second-order valence-corrected chi connectivity index (χ2v) is 12.0. The molecule has 37 heavy (non-hydrogen) atoms. The minimum Gasteiger partial charge on any atom is -0.419 e. The first-order valence-electron chi connectivity index (χ1n) is 10.8. The van der Waals surface area contributed by atoms with Crippen molar-refractivity contribution in [1.29, 1.82) is 0 Å². The van der Waals surface area contributed by atoms with E-state index in [1.807, 2.05) is 0 Å². The van der Waals surface area contributed by atoms with Crippen LogP contribution in [0.5, 0.6) is 11.5 Å². The van der Waals surface area contributed by atoms with Crippen molar-refractivity contribution in [3.05, 3.63) is 92.9 Å². The normalized spacial score (nSPS) is 14.3. The number of hydrogen-bond acceptors (Lipinski definition) is 8. The number of benzene rings is 3. The molecule has 13 heteroatoms. The van der Waals surface area contributed by atoms with Gasteiger partial charge >= 0.3 is 15.2 Å². The van der Waals surface area contributed by atoms with E-state index in [1.165, 1.54) is 38.1 Å². The zero-order valence-corrected chi connectivity index (χ0v) is 23.6. The summed E-state index contributed by atoms with van der Waals surface area (Å²) in [7, 11) is -9.15. The van der Waals surface area contributed by atoms with E-state index in [-0.39, 0.29) is 34.8 Å². The molecule has 0 heterocycles. The first-order chi connectivity index (χ1) is 17.6. The fourth-order valence-electron chi connectivity index (χ4n) is 3.09. The van der Waals surface area contributed by atoms with Crippen LogP contribution in [-0.2, 0) is 18.2 Å². The van der Waals surface area contributed by atoms with Crippen LogP contribution in [0, 0.1) is 0 Å². The van der Waals surface area contributed by atoms with E-state index in [0.717, 1.165) is 6.07 Å². The minimum absolute atomic E-state index is 0.0854. The molecule has 0 spiro atoms. The lowest BCUT2D eigenvalue weighted by Gasteiger charge is -2.21. The van der Waals surface area contributed by atoms with Crippen molar-refractivity contribution in [2.75, 3.05) is 13.2 Å². The molecule has 8 nitrogen and oxygen atoms in total. The van der Waals surface area contributed by atoms with Gasteiger partial charge < -0.3 is 9.05 Å². The molecule has 196 valence electrons. The van der Waals surface area contributed by atoms with Crippen molar-refractivity contribution in [3.8, 4) is 11.5 Å². The molecule has 0 aliphatic rings. The van der Waals surface area contributed by atoms with Gasteiger partial charge in [0.1, 0.15) is 11.5 Å². The molecular formula is C24H21Cl3O8P2. The maximum absolute atomic E-state index is 13.6.